The van der Waals surface area contributed by atoms with Crippen molar-refractivity contribution < 1.29 is 0 Å². The largest absolute Gasteiger partial charge is 0.378 e. The molecule has 1 aromatic heterocycles. The van der Waals surface area contributed by atoms with Gasteiger partial charge in [-0.2, -0.15) is 0 Å². The molecule has 15 heavy (non-hydrogen) atoms. The van der Waals surface area contributed by atoms with Crippen LogP contribution < -0.4 is 5.32 Å². The normalized spacial score (nSPS) is 12.4. The molecule has 1 atom stereocenters. The number of hydrogen-bond donors (Lipinski definition) is 1. The van der Waals surface area contributed by atoms with Crippen LogP contribution in [-0.4, -0.2) is 0 Å². The van der Waals surface area contributed by atoms with E-state index in [9.17, 15) is 0 Å². The summed E-state index contributed by atoms with van der Waals surface area (Å²) in [5.74, 6) is 0. The number of hydrogen-bond acceptors (Lipinski definition) is 2. The molecular weight excluding hydrogens is 202 g/mol. The number of thiophene rings is 1. The Morgan fingerprint density at radius 1 is 1.20 bits per heavy atom. The minimum Gasteiger partial charge on any atom is -0.378 e. The third kappa shape index (κ3) is 2.60. The zero-order valence-corrected chi connectivity index (χ0v) is 9.84. The van der Waals surface area contributed by atoms with Gasteiger partial charge in [0.25, 0.3) is 0 Å². The van der Waals surface area contributed by atoms with Gasteiger partial charge in [0.1, 0.15) is 0 Å². The van der Waals surface area contributed by atoms with E-state index in [-0.39, 0.29) is 0 Å². The lowest BCUT2D eigenvalue weighted by molar-refractivity contribution is 0.908. The van der Waals surface area contributed by atoms with Crippen LogP contribution in [0.1, 0.15) is 23.4 Å². The Bertz CT molecular complexity index is 420. The zero-order valence-electron chi connectivity index (χ0n) is 9.03. The highest BCUT2D eigenvalue weighted by atomic mass is 32.1. The standard InChI is InChI=1S/C13H15NS/c1-10-5-3-6-12(9-10)14-11(2)13-7-4-8-15-13/h3-9,11,14H,1-2H3. The Kier molecular flexibility index (Phi) is 3.07. The summed E-state index contributed by atoms with van der Waals surface area (Å²) in [6.07, 6.45) is 0. The van der Waals surface area contributed by atoms with Gasteiger partial charge >= 0.3 is 0 Å². The first kappa shape index (κ1) is 10.2. The van der Waals surface area contributed by atoms with Crippen molar-refractivity contribution in [1.82, 2.24) is 0 Å². The lowest BCUT2D eigenvalue weighted by Gasteiger charge is -2.13. The highest BCUT2D eigenvalue weighted by molar-refractivity contribution is 7.10. The molecule has 1 N–H and O–H groups in total. The van der Waals surface area contributed by atoms with Gasteiger partial charge < -0.3 is 5.32 Å². The quantitative estimate of drug-likeness (QED) is 0.811. The predicted octanol–water partition coefficient (Wildman–Crippen LogP) is 4.23. The van der Waals surface area contributed by atoms with Crippen molar-refractivity contribution in [1.29, 1.82) is 0 Å². The SMILES string of the molecule is Cc1cccc(NC(C)c2cccs2)c1. The van der Waals surface area contributed by atoms with E-state index in [2.05, 4.69) is 60.9 Å². The van der Waals surface area contributed by atoms with E-state index in [0.717, 1.165) is 0 Å². The summed E-state index contributed by atoms with van der Waals surface area (Å²) in [6, 6.07) is 13.1. The zero-order chi connectivity index (χ0) is 10.7. The molecule has 0 aliphatic heterocycles. The number of benzene rings is 1. The topological polar surface area (TPSA) is 12.0 Å². The molecule has 0 radical (unpaired) electrons. The van der Waals surface area contributed by atoms with Crippen LogP contribution in [0.3, 0.4) is 0 Å². The summed E-state index contributed by atoms with van der Waals surface area (Å²) in [4.78, 5) is 1.37. The summed E-state index contributed by atoms with van der Waals surface area (Å²) < 4.78 is 0. The second-order valence-electron chi connectivity index (χ2n) is 3.75. The van der Waals surface area contributed by atoms with Crippen LogP contribution in [0.2, 0.25) is 0 Å². The van der Waals surface area contributed by atoms with Crippen molar-refractivity contribution >= 4 is 17.0 Å². The molecule has 0 bridgehead atoms. The lowest BCUT2D eigenvalue weighted by Crippen LogP contribution is -2.04. The Morgan fingerprint density at radius 3 is 2.73 bits per heavy atom. The first-order valence-corrected chi connectivity index (χ1v) is 6.00. The number of aryl methyl sites for hydroxylation is 1. The molecule has 1 aromatic carbocycles. The second-order valence-corrected chi connectivity index (χ2v) is 4.73. The first-order valence-electron chi connectivity index (χ1n) is 5.12. The molecule has 0 aliphatic carbocycles. The molecule has 2 rings (SSSR count). The maximum Gasteiger partial charge on any atom is 0.0578 e. The average Bonchev–Trinajstić information content (AvgIpc) is 2.70. The first-order chi connectivity index (χ1) is 7.25. The van der Waals surface area contributed by atoms with Crippen LogP contribution in [0.15, 0.2) is 41.8 Å². The summed E-state index contributed by atoms with van der Waals surface area (Å²) in [5.41, 5.74) is 2.48. The molecule has 1 heterocycles. The minimum absolute atomic E-state index is 0.381. The van der Waals surface area contributed by atoms with Gasteiger partial charge in [-0.25, -0.2) is 0 Å². The van der Waals surface area contributed by atoms with E-state index in [1.165, 1.54) is 16.1 Å². The molecule has 78 valence electrons. The molecule has 0 saturated heterocycles. The molecule has 0 amide bonds. The highest BCUT2D eigenvalue weighted by Crippen LogP contribution is 2.23. The van der Waals surface area contributed by atoms with Gasteiger partial charge in [-0.05, 0) is 43.0 Å². The van der Waals surface area contributed by atoms with E-state index in [1.54, 1.807) is 11.3 Å². The molecule has 0 fully saturated rings. The van der Waals surface area contributed by atoms with Crippen molar-refractivity contribution in [2.24, 2.45) is 0 Å². The molecule has 0 saturated carbocycles. The second kappa shape index (κ2) is 4.49. The monoisotopic (exact) mass is 217 g/mol. The van der Waals surface area contributed by atoms with Gasteiger partial charge in [-0.3, -0.25) is 0 Å². The van der Waals surface area contributed by atoms with Gasteiger partial charge in [0, 0.05) is 10.6 Å². The molecule has 1 nitrogen and oxygen atoms in total. The summed E-state index contributed by atoms with van der Waals surface area (Å²) >= 11 is 1.79. The van der Waals surface area contributed by atoms with Crippen molar-refractivity contribution in [3.05, 3.63) is 52.2 Å². The Labute approximate surface area is 94.8 Å². The van der Waals surface area contributed by atoms with E-state index < -0.39 is 0 Å². The van der Waals surface area contributed by atoms with Gasteiger partial charge in [0.05, 0.1) is 6.04 Å². The fraction of sp³-hybridized carbons (Fsp3) is 0.231. The van der Waals surface area contributed by atoms with Gasteiger partial charge in [0.15, 0.2) is 0 Å². The minimum atomic E-state index is 0.381. The van der Waals surface area contributed by atoms with Crippen LogP contribution in [0.25, 0.3) is 0 Å². The Hall–Kier alpha value is -1.28. The predicted molar refractivity (Wildman–Crippen MR) is 67.5 cm³/mol. The molecule has 1 unspecified atom stereocenters. The molecular formula is C13H15NS. The number of anilines is 1. The average molecular weight is 217 g/mol. The highest BCUT2D eigenvalue weighted by Gasteiger charge is 2.05. The number of nitrogens with one attached hydrogen (secondary N) is 1. The van der Waals surface area contributed by atoms with Crippen LogP contribution >= 0.6 is 11.3 Å². The summed E-state index contributed by atoms with van der Waals surface area (Å²) in [7, 11) is 0. The number of rotatable bonds is 3. The molecule has 2 heteroatoms. The van der Waals surface area contributed by atoms with Crippen molar-refractivity contribution in [3.63, 3.8) is 0 Å². The molecule has 0 spiro atoms. The maximum absolute atomic E-state index is 3.50. The van der Waals surface area contributed by atoms with Gasteiger partial charge in [0.2, 0.25) is 0 Å². The van der Waals surface area contributed by atoms with E-state index in [0.29, 0.717) is 6.04 Å². The Balaban J connectivity index is 2.09. The van der Waals surface area contributed by atoms with Crippen LogP contribution in [0.5, 0.6) is 0 Å². The maximum atomic E-state index is 3.50. The third-order valence-corrected chi connectivity index (χ3v) is 3.43. The van der Waals surface area contributed by atoms with Crippen molar-refractivity contribution in [3.8, 4) is 0 Å². The smallest absolute Gasteiger partial charge is 0.0578 e. The van der Waals surface area contributed by atoms with Crippen LogP contribution in [0.4, 0.5) is 5.69 Å². The van der Waals surface area contributed by atoms with Crippen LogP contribution in [0, 0.1) is 6.92 Å². The van der Waals surface area contributed by atoms with E-state index >= 15 is 0 Å². The summed E-state index contributed by atoms with van der Waals surface area (Å²) in [6.45, 7) is 4.30. The fourth-order valence-corrected chi connectivity index (χ4v) is 2.33. The fourth-order valence-electron chi connectivity index (χ4n) is 1.59. The van der Waals surface area contributed by atoms with E-state index in [4.69, 9.17) is 0 Å². The van der Waals surface area contributed by atoms with Crippen molar-refractivity contribution in [2.75, 3.05) is 5.32 Å². The van der Waals surface area contributed by atoms with Crippen LogP contribution in [-0.2, 0) is 0 Å². The molecule has 2 aromatic rings. The Morgan fingerprint density at radius 2 is 2.07 bits per heavy atom. The van der Waals surface area contributed by atoms with Crippen molar-refractivity contribution in [2.45, 2.75) is 19.9 Å². The third-order valence-electron chi connectivity index (χ3n) is 2.37. The lowest BCUT2D eigenvalue weighted by atomic mass is 10.2. The molecule has 0 aliphatic rings. The van der Waals surface area contributed by atoms with Gasteiger partial charge in [-0.15, -0.1) is 11.3 Å². The summed E-state index contributed by atoms with van der Waals surface area (Å²) in [5, 5.41) is 5.61. The van der Waals surface area contributed by atoms with Gasteiger partial charge in [-0.1, -0.05) is 18.2 Å². The van der Waals surface area contributed by atoms with E-state index in [1.807, 2.05) is 0 Å².